The Kier molecular flexibility index (Phi) is 6.84. The van der Waals surface area contributed by atoms with Gasteiger partial charge in [0.1, 0.15) is 23.4 Å². The number of nitrogens with one attached hydrogen (secondary N) is 1. The third-order valence-corrected chi connectivity index (χ3v) is 5.38. The van der Waals surface area contributed by atoms with Crippen LogP contribution < -0.4 is 14.4 Å². The zero-order valence-electron chi connectivity index (χ0n) is 15.4. The number of amides is 1. The van der Waals surface area contributed by atoms with Crippen LogP contribution in [0.15, 0.2) is 36.4 Å². The fraction of sp³-hybridized carbons (Fsp3) is 0.278. The highest BCUT2D eigenvalue weighted by Gasteiger charge is 2.32. The second-order valence-electron chi connectivity index (χ2n) is 5.92. The Hall–Kier alpha value is -2.39. The maximum Gasteiger partial charge on any atom is 0.248 e. The number of hydrogen-bond acceptors (Lipinski definition) is 4. The largest absolute Gasteiger partial charge is 0.495 e. The molecule has 1 amide bonds. The van der Waals surface area contributed by atoms with Gasteiger partial charge >= 0.3 is 0 Å². The van der Waals surface area contributed by atoms with Crippen molar-refractivity contribution in [2.45, 2.75) is 19.4 Å². The highest BCUT2D eigenvalue weighted by atomic mass is 35.5. The number of anilines is 2. The summed E-state index contributed by atoms with van der Waals surface area (Å²) >= 11 is 6.08. The Balaban J connectivity index is 2.42. The topological polar surface area (TPSA) is 75.7 Å². The molecule has 28 heavy (non-hydrogen) atoms. The molecule has 152 valence electrons. The molecule has 1 N–H and O–H groups in total. The van der Waals surface area contributed by atoms with Crippen LogP contribution in [0.2, 0.25) is 5.02 Å². The van der Waals surface area contributed by atoms with Gasteiger partial charge in [-0.1, -0.05) is 18.5 Å². The quantitative estimate of drug-likeness (QED) is 0.721. The average Bonchev–Trinajstić information content (AvgIpc) is 2.60. The fourth-order valence-electron chi connectivity index (χ4n) is 2.66. The lowest BCUT2D eigenvalue weighted by molar-refractivity contribution is -0.117. The number of nitrogens with zero attached hydrogens (tertiary/aromatic N) is 1. The first kappa shape index (κ1) is 21.9. The maximum absolute atomic E-state index is 13.9. The van der Waals surface area contributed by atoms with Gasteiger partial charge in [-0.3, -0.25) is 9.10 Å². The Morgan fingerprint density at radius 1 is 1.25 bits per heavy atom. The molecule has 1 unspecified atom stereocenters. The van der Waals surface area contributed by atoms with E-state index in [0.717, 1.165) is 22.7 Å². The molecule has 0 radical (unpaired) electrons. The fourth-order valence-corrected chi connectivity index (χ4v) is 4.12. The summed E-state index contributed by atoms with van der Waals surface area (Å²) in [6.07, 6.45) is 1.03. The number of ether oxygens (including phenoxy) is 1. The van der Waals surface area contributed by atoms with Crippen LogP contribution in [0.3, 0.4) is 0 Å². The van der Waals surface area contributed by atoms with Crippen LogP contribution in [-0.4, -0.2) is 33.7 Å². The van der Waals surface area contributed by atoms with Crippen molar-refractivity contribution in [2.75, 3.05) is 23.0 Å². The first-order chi connectivity index (χ1) is 13.1. The monoisotopic (exact) mass is 432 g/mol. The summed E-state index contributed by atoms with van der Waals surface area (Å²) in [7, 11) is -2.49. The van der Waals surface area contributed by atoms with Gasteiger partial charge in [-0.15, -0.1) is 0 Å². The molecule has 0 saturated heterocycles. The minimum atomic E-state index is -3.90. The highest BCUT2D eigenvalue weighted by molar-refractivity contribution is 7.92. The zero-order chi connectivity index (χ0) is 21.1. The molecule has 0 spiro atoms. The summed E-state index contributed by atoms with van der Waals surface area (Å²) in [5.74, 6) is -2.20. The van der Waals surface area contributed by atoms with Gasteiger partial charge in [0.25, 0.3) is 0 Å². The van der Waals surface area contributed by atoms with Crippen LogP contribution in [0.25, 0.3) is 0 Å². The maximum atomic E-state index is 13.9. The second kappa shape index (κ2) is 8.74. The number of rotatable bonds is 7. The van der Waals surface area contributed by atoms with Gasteiger partial charge in [-0.25, -0.2) is 17.2 Å². The third-order valence-electron chi connectivity index (χ3n) is 3.91. The third kappa shape index (κ3) is 4.90. The molecular weight excluding hydrogens is 414 g/mol. The molecule has 0 heterocycles. The Morgan fingerprint density at radius 3 is 2.43 bits per heavy atom. The van der Waals surface area contributed by atoms with Crippen LogP contribution in [0.4, 0.5) is 20.2 Å². The van der Waals surface area contributed by atoms with Gasteiger partial charge < -0.3 is 10.1 Å². The van der Waals surface area contributed by atoms with Crippen molar-refractivity contribution in [1.29, 1.82) is 0 Å². The summed E-state index contributed by atoms with van der Waals surface area (Å²) in [5, 5.41) is 2.46. The highest BCUT2D eigenvalue weighted by Crippen LogP contribution is 2.32. The number of halogens is 3. The molecule has 6 nitrogen and oxygen atoms in total. The smallest absolute Gasteiger partial charge is 0.248 e. The number of methoxy groups -OCH3 is 1. The van der Waals surface area contributed by atoms with E-state index < -0.39 is 33.6 Å². The van der Waals surface area contributed by atoms with E-state index in [9.17, 15) is 22.0 Å². The van der Waals surface area contributed by atoms with Crippen molar-refractivity contribution in [3.63, 3.8) is 0 Å². The van der Waals surface area contributed by atoms with Crippen LogP contribution >= 0.6 is 11.6 Å². The average molecular weight is 433 g/mol. The molecule has 1 atom stereocenters. The van der Waals surface area contributed by atoms with Crippen molar-refractivity contribution in [3.05, 3.63) is 53.1 Å². The van der Waals surface area contributed by atoms with Crippen LogP contribution in [0, 0.1) is 11.6 Å². The SMILES string of the molecule is CCC(C(=O)Nc1ccc(F)cc1F)N(c1ccc(OC)c(Cl)c1)S(C)(=O)=O. The van der Waals surface area contributed by atoms with Gasteiger partial charge in [0.15, 0.2) is 0 Å². The van der Waals surface area contributed by atoms with Crippen molar-refractivity contribution in [3.8, 4) is 5.75 Å². The van der Waals surface area contributed by atoms with Crippen molar-refractivity contribution >= 4 is 38.9 Å². The van der Waals surface area contributed by atoms with Gasteiger partial charge in [-0.05, 0) is 36.8 Å². The summed E-state index contributed by atoms with van der Waals surface area (Å²) in [4.78, 5) is 12.7. The second-order valence-corrected chi connectivity index (χ2v) is 8.18. The summed E-state index contributed by atoms with van der Waals surface area (Å²) in [6, 6.07) is 5.75. The lowest BCUT2D eigenvalue weighted by Crippen LogP contribution is -2.47. The number of sulfonamides is 1. The van der Waals surface area contributed by atoms with Crippen LogP contribution in [0.5, 0.6) is 5.75 Å². The summed E-state index contributed by atoms with van der Waals surface area (Å²) in [5.41, 5.74) is -0.110. The van der Waals surface area contributed by atoms with Crippen molar-refractivity contribution in [2.24, 2.45) is 0 Å². The molecule has 10 heteroatoms. The normalized spacial score (nSPS) is 12.4. The first-order valence-electron chi connectivity index (χ1n) is 8.17. The first-order valence-corrected chi connectivity index (χ1v) is 10.4. The molecule has 2 aromatic rings. The van der Waals surface area contributed by atoms with E-state index in [1.54, 1.807) is 6.92 Å². The van der Waals surface area contributed by atoms with E-state index in [1.165, 1.54) is 25.3 Å². The molecule has 0 fully saturated rings. The van der Waals surface area contributed by atoms with Gasteiger partial charge in [0.05, 0.1) is 29.8 Å². The number of benzene rings is 2. The van der Waals surface area contributed by atoms with E-state index in [-0.39, 0.29) is 22.8 Å². The zero-order valence-corrected chi connectivity index (χ0v) is 16.9. The van der Waals surface area contributed by atoms with Crippen LogP contribution in [-0.2, 0) is 14.8 Å². The summed E-state index contributed by atoms with van der Waals surface area (Å²) in [6.45, 7) is 1.61. The Bertz CT molecular complexity index is 986. The molecule has 0 aliphatic carbocycles. The molecule has 0 aliphatic heterocycles. The molecular formula is C18H19ClF2N2O4S. The number of hydrogen-bond donors (Lipinski definition) is 1. The van der Waals surface area contributed by atoms with Gasteiger partial charge in [0, 0.05) is 6.07 Å². The van der Waals surface area contributed by atoms with E-state index in [4.69, 9.17) is 16.3 Å². The Labute approximate surface area is 167 Å². The minimum absolute atomic E-state index is 0.0887. The molecule has 0 aliphatic rings. The Morgan fingerprint density at radius 2 is 1.93 bits per heavy atom. The minimum Gasteiger partial charge on any atom is -0.495 e. The standard InChI is InChI=1S/C18H19ClF2N2O4S/c1-4-16(18(24)22-15-7-5-11(20)9-14(15)21)23(28(3,25)26)12-6-8-17(27-2)13(19)10-12/h5-10,16H,4H2,1-3H3,(H,22,24). The predicted molar refractivity (Wildman–Crippen MR) is 104 cm³/mol. The molecule has 2 rings (SSSR count). The number of carbonyl (C=O) groups is 1. The lowest BCUT2D eigenvalue weighted by Gasteiger charge is -2.30. The van der Waals surface area contributed by atoms with Gasteiger partial charge in [-0.2, -0.15) is 0 Å². The lowest BCUT2D eigenvalue weighted by atomic mass is 10.1. The van der Waals surface area contributed by atoms with E-state index in [1.807, 2.05) is 0 Å². The number of carbonyl (C=O) groups excluding carboxylic acids is 1. The molecule has 0 saturated carbocycles. The van der Waals surface area contributed by atoms with E-state index >= 15 is 0 Å². The van der Waals surface area contributed by atoms with Crippen LogP contribution in [0.1, 0.15) is 13.3 Å². The van der Waals surface area contributed by atoms with Gasteiger partial charge in [0.2, 0.25) is 15.9 Å². The van der Waals surface area contributed by atoms with Crippen molar-refractivity contribution < 1.29 is 26.7 Å². The van der Waals surface area contributed by atoms with E-state index in [0.29, 0.717) is 11.8 Å². The van der Waals surface area contributed by atoms with E-state index in [2.05, 4.69) is 5.32 Å². The molecule has 0 bridgehead atoms. The van der Waals surface area contributed by atoms with Crippen molar-refractivity contribution in [1.82, 2.24) is 0 Å². The molecule has 0 aromatic heterocycles. The summed E-state index contributed by atoms with van der Waals surface area (Å²) < 4.78 is 57.7. The molecule has 2 aromatic carbocycles. The predicted octanol–water partition coefficient (Wildman–Crippen LogP) is 3.81.